The van der Waals surface area contributed by atoms with E-state index in [-0.39, 0.29) is 18.3 Å². The van der Waals surface area contributed by atoms with Crippen LogP contribution in [-0.2, 0) is 6.54 Å². The van der Waals surface area contributed by atoms with Crippen molar-refractivity contribution in [2.75, 3.05) is 0 Å². The van der Waals surface area contributed by atoms with E-state index < -0.39 is 0 Å². The number of nitrogens with one attached hydrogen (secondary N) is 1. The average molecular weight is 334 g/mol. The Morgan fingerprint density at radius 3 is 2.56 bits per heavy atom. The van der Waals surface area contributed by atoms with Crippen molar-refractivity contribution in [3.05, 3.63) is 90.4 Å². The van der Waals surface area contributed by atoms with Crippen molar-refractivity contribution in [1.82, 2.24) is 19.3 Å². The Bertz CT molecular complexity index is 1020. The zero-order valence-corrected chi connectivity index (χ0v) is 13.3. The Balaban J connectivity index is 1.44. The fourth-order valence-electron chi connectivity index (χ4n) is 2.67. The SMILES string of the molecule is O=C(NCc1cn2cc(F)ccc2n1)c1ccc(-n2cccc2)cc1. The molecule has 0 bridgehead atoms. The Hall–Kier alpha value is -3.41. The molecule has 0 saturated heterocycles. The molecule has 1 aromatic carbocycles. The number of benzene rings is 1. The summed E-state index contributed by atoms with van der Waals surface area (Å²) in [5, 5.41) is 2.83. The van der Waals surface area contributed by atoms with Crippen molar-refractivity contribution in [2.24, 2.45) is 0 Å². The Morgan fingerprint density at radius 2 is 1.80 bits per heavy atom. The number of hydrogen-bond donors (Lipinski definition) is 1. The summed E-state index contributed by atoms with van der Waals surface area (Å²) >= 11 is 0. The molecule has 3 heterocycles. The second kappa shape index (κ2) is 6.24. The van der Waals surface area contributed by atoms with Crippen LogP contribution in [0.3, 0.4) is 0 Å². The largest absolute Gasteiger partial charge is 0.346 e. The van der Waals surface area contributed by atoms with E-state index in [0.717, 1.165) is 5.69 Å². The minimum atomic E-state index is -0.330. The number of amides is 1. The summed E-state index contributed by atoms with van der Waals surface area (Å²) in [7, 11) is 0. The number of carbonyl (C=O) groups is 1. The van der Waals surface area contributed by atoms with Gasteiger partial charge in [-0.05, 0) is 48.5 Å². The van der Waals surface area contributed by atoms with Crippen molar-refractivity contribution in [3.8, 4) is 5.69 Å². The predicted molar refractivity (Wildman–Crippen MR) is 92.1 cm³/mol. The highest BCUT2D eigenvalue weighted by molar-refractivity contribution is 5.94. The van der Waals surface area contributed by atoms with Gasteiger partial charge >= 0.3 is 0 Å². The third-order valence-corrected chi connectivity index (χ3v) is 3.93. The fourth-order valence-corrected chi connectivity index (χ4v) is 2.67. The van der Waals surface area contributed by atoms with Gasteiger partial charge in [-0.25, -0.2) is 9.37 Å². The zero-order valence-electron chi connectivity index (χ0n) is 13.3. The predicted octanol–water partition coefficient (Wildman–Crippen LogP) is 3.19. The standard InChI is InChI=1S/C19H15FN4O/c20-15-5-8-18-22-16(13-24(18)12-15)11-21-19(25)14-3-6-17(7-4-14)23-9-1-2-10-23/h1-10,12-13H,11H2,(H,21,25). The molecule has 124 valence electrons. The van der Waals surface area contributed by atoms with Gasteiger partial charge in [-0.1, -0.05) is 0 Å². The summed E-state index contributed by atoms with van der Waals surface area (Å²) < 4.78 is 16.8. The molecular formula is C19H15FN4O. The Morgan fingerprint density at radius 1 is 1.04 bits per heavy atom. The first kappa shape index (κ1) is 15.1. The van der Waals surface area contributed by atoms with Crippen LogP contribution in [0.25, 0.3) is 11.3 Å². The van der Waals surface area contributed by atoms with Gasteiger partial charge in [-0.2, -0.15) is 0 Å². The van der Waals surface area contributed by atoms with Crippen LogP contribution in [0.4, 0.5) is 4.39 Å². The van der Waals surface area contributed by atoms with Gasteiger partial charge in [0.05, 0.1) is 12.2 Å². The lowest BCUT2D eigenvalue weighted by atomic mass is 10.2. The van der Waals surface area contributed by atoms with E-state index in [0.29, 0.717) is 16.9 Å². The molecule has 0 spiro atoms. The third kappa shape index (κ3) is 3.14. The third-order valence-electron chi connectivity index (χ3n) is 3.93. The smallest absolute Gasteiger partial charge is 0.251 e. The van der Waals surface area contributed by atoms with E-state index in [2.05, 4.69) is 10.3 Å². The molecule has 0 unspecified atom stereocenters. The van der Waals surface area contributed by atoms with Gasteiger partial charge in [-0.3, -0.25) is 4.79 Å². The van der Waals surface area contributed by atoms with Crippen molar-refractivity contribution < 1.29 is 9.18 Å². The molecule has 0 atom stereocenters. The van der Waals surface area contributed by atoms with Gasteiger partial charge in [0.1, 0.15) is 11.5 Å². The van der Waals surface area contributed by atoms with Crippen LogP contribution in [0.5, 0.6) is 0 Å². The van der Waals surface area contributed by atoms with Crippen LogP contribution in [0.1, 0.15) is 16.1 Å². The van der Waals surface area contributed by atoms with E-state index in [1.165, 1.54) is 12.3 Å². The van der Waals surface area contributed by atoms with Crippen molar-refractivity contribution in [2.45, 2.75) is 6.54 Å². The molecule has 0 aliphatic heterocycles. The maximum atomic E-state index is 13.2. The Kier molecular flexibility index (Phi) is 3.78. The highest BCUT2D eigenvalue weighted by atomic mass is 19.1. The van der Waals surface area contributed by atoms with Gasteiger partial charge in [0.2, 0.25) is 0 Å². The quantitative estimate of drug-likeness (QED) is 0.623. The fraction of sp³-hybridized carbons (Fsp3) is 0.0526. The van der Waals surface area contributed by atoms with Crippen LogP contribution >= 0.6 is 0 Å². The molecular weight excluding hydrogens is 319 g/mol. The minimum absolute atomic E-state index is 0.178. The number of imidazole rings is 1. The second-order valence-corrected chi connectivity index (χ2v) is 5.66. The van der Waals surface area contributed by atoms with E-state index in [9.17, 15) is 9.18 Å². The normalized spacial score (nSPS) is 10.9. The molecule has 0 saturated carbocycles. The van der Waals surface area contributed by atoms with Gasteiger partial charge < -0.3 is 14.3 Å². The summed E-state index contributed by atoms with van der Waals surface area (Å²) in [6.45, 7) is 0.279. The van der Waals surface area contributed by atoms with E-state index in [1.54, 1.807) is 28.8 Å². The number of aromatic nitrogens is 3. The molecule has 0 radical (unpaired) electrons. The lowest BCUT2D eigenvalue weighted by Gasteiger charge is -2.06. The summed E-state index contributed by atoms with van der Waals surface area (Å²) in [4.78, 5) is 16.6. The van der Waals surface area contributed by atoms with E-state index in [4.69, 9.17) is 0 Å². The molecule has 4 rings (SSSR count). The van der Waals surface area contributed by atoms with Crippen molar-refractivity contribution >= 4 is 11.6 Å². The zero-order chi connectivity index (χ0) is 17.2. The molecule has 4 aromatic rings. The average Bonchev–Trinajstić information content (AvgIpc) is 3.29. The molecule has 25 heavy (non-hydrogen) atoms. The molecule has 3 aromatic heterocycles. The van der Waals surface area contributed by atoms with Gasteiger partial charge in [0, 0.05) is 36.0 Å². The number of pyridine rings is 1. The summed E-state index contributed by atoms with van der Waals surface area (Å²) in [5.74, 6) is -0.509. The summed E-state index contributed by atoms with van der Waals surface area (Å²) in [6, 6.07) is 14.2. The summed E-state index contributed by atoms with van der Waals surface area (Å²) in [6.07, 6.45) is 6.95. The molecule has 0 aliphatic rings. The molecule has 6 heteroatoms. The lowest BCUT2D eigenvalue weighted by molar-refractivity contribution is 0.0950. The highest BCUT2D eigenvalue weighted by Crippen LogP contribution is 2.11. The summed E-state index contributed by atoms with van der Waals surface area (Å²) in [5.41, 5.74) is 2.87. The van der Waals surface area contributed by atoms with Crippen LogP contribution in [0.15, 0.2) is 73.3 Å². The Labute approximate surface area is 143 Å². The van der Waals surface area contributed by atoms with Crippen molar-refractivity contribution in [3.63, 3.8) is 0 Å². The van der Waals surface area contributed by atoms with E-state index in [1.807, 2.05) is 41.2 Å². The topological polar surface area (TPSA) is 51.3 Å². The van der Waals surface area contributed by atoms with Crippen LogP contribution in [0.2, 0.25) is 0 Å². The first-order chi connectivity index (χ1) is 12.2. The number of fused-ring (bicyclic) bond motifs is 1. The van der Waals surface area contributed by atoms with Crippen LogP contribution < -0.4 is 5.32 Å². The monoisotopic (exact) mass is 334 g/mol. The number of nitrogens with zero attached hydrogens (tertiary/aromatic N) is 3. The van der Waals surface area contributed by atoms with Crippen LogP contribution in [0, 0.1) is 5.82 Å². The molecule has 1 N–H and O–H groups in total. The number of hydrogen-bond acceptors (Lipinski definition) is 2. The highest BCUT2D eigenvalue weighted by Gasteiger charge is 2.08. The first-order valence-corrected chi connectivity index (χ1v) is 7.84. The maximum absolute atomic E-state index is 13.2. The molecule has 0 aliphatic carbocycles. The number of carbonyl (C=O) groups excluding carboxylic acids is 1. The molecule has 0 fully saturated rings. The first-order valence-electron chi connectivity index (χ1n) is 7.84. The lowest BCUT2D eigenvalue weighted by Crippen LogP contribution is -2.22. The van der Waals surface area contributed by atoms with Crippen molar-refractivity contribution in [1.29, 1.82) is 0 Å². The molecule has 1 amide bonds. The van der Waals surface area contributed by atoms with Gasteiger partial charge in [0.15, 0.2) is 0 Å². The van der Waals surface area contributed by atoms with Gasteiger partial charge in [0.25, 0.3) is 5.91 Å². The molecule has 5 nitrogen and oxygen atoms in total. The number of halogens is 1. The van der Waals surface area contributed by atoms with Crippen LogP contribution in [-0.4, -0.2) is 19.9 Å². The maximum Gasteiger partial charge on any atom is 0.251 e. The minimum Gasteiger partial charge on any atom is -0.346 e. The second-order valence-electron chi connectivity index (χ2n) is 5.66. The van der Waals surface area contributed by atoms with E-state index >= 15 is 0 Å². The number of rotatable bonds is 4. The van der Waals surface area contributed by atoms with Gasteiger partial charge in [-0.15, -0.1) is 0 Å².